The van der Waals surface area contributed by atoms with Crippen LogP contribution >= 0.6 is 0 Å². The maximum atomic E-state index is 12.0. The number of aromatic nitrogens is 2. The molecule has 0 aliphatic carbocycles. The molecule has 0 spiro atoms. The zero-order valence-electron chi connectivity index (χ0n) is 5.64. The number of nitrogens with one attached hydrogen (secondary N) is 1. The molecule has 3 N–H and O–H groups in total. The van der Waals surface area contributed by atoms with Gasteiger partial charge >= 0.3 is 6.18 Å². The Labute approximate surface area is 64.6 Å². The summed E-state index contributed by atoms with van der Waals surface area (Å²) in [6, 6.07) is 0. The summed E-state index contributed by atoms with van der Waals surface area (Å²) in [6.45, 7) is 0. The molecule has 4 nitrogen and oxygen atoms in total. The molecule has 0 saturated heterocycles. The summed E-state index contributed by atoms with van der Waals surface area (Å²) >= 11 is 0. The van der Waals surface area contributed by atoms with Crippen molar-refractivity contribution < 1.29 is 18.0 Å². The molecule has 0 unspecified atom stereocenters. The molecule has 12 heavy (non-hydrogen) atoms. The summed E-state index contributed by atoms with van der Waals surface area (Å²) < 4.78 is 35.9. The van der Waals surface area contributed by atoms with E-state index in [1.165, 1.54) is 0 Å². The average molecular weight is 179 g/mol. The van der Waals surface area contributed by atoms with E-state index in [4.69, 9.17) is 0 Å². The summed E-state index contributed by atoms with van der Waals surface area (Å²) in [7, 11) is 0. The molecule has 0 aliphatic heterocycles. The van der Waals surface area contributed by atoms with Crippen LogP contribution in [-0.4, -0.2) is 16.1 Å². The Bertz CT molecular complexity index is 303. The molecular weight excluding hydrogens is 175 g/mol. The van der Waals surface area contributed by atoms with Crippen LogP contribution in [0, 0.1) is 0 Å². The second-order valence-electron chi connectivity index (χ2n) is 2.02. The first-order chi connectivity index (χ1) is 5.43. The van der Waals surface area contributed by atoms with Gasteiger partial charge in [-0.1, -0.05) is 0 Å². The first-order valence-electron chi connectivity index (χ1n) is 2.83. The van der Waals surface area contributed by atoms with Crippen molar-refractivity contribution in [2.45, 2.75) is 6.18 Å². The third kappa shape index (κ3) is 1.39. The molecule has 1 heterocycles. The fraction of sp³-hybridized carbons (Fsp3) is 0.200. The molecule has 0 fully saturated rings. The van der Waals surface area contributed by atoms with Gasteiger partial charge in [0.05, 0.1) is 11.8 Å². The molecule has 0 atom stereocenters. The number of hydrogen-bond acceptors (Lipinski definition) is 2. The van der Waals surface area contributed by atoms with Crippen LogP contribution in [0.25, 0.3) is 0 Å². The van der Waals surface area contributed by atoms with Gasteiger partial charge < -0.3 is 5.73 Å². The van der Waals surface area contributed by atoms with Crippen molar-refractivity contribution in [3.8, 4) is 0 Å². The van der Waals surface area contributed by atoms with Gasteiger partial charge in [0.2, 0.25) is 0 Å². The molecule has 1 rings (SSSR count). The number of carbonyl (C=O) groups excluding carboxylic acids is 1. The van der Waals surface area contributed by atoms with Crippen molar-refractivity contribution >= 4 is 5.91 Å². The minimum atomic E-state index is -4.62. The van der Waals surface area contributed by atoms with E-state index in [1.54, 1.807) is 5.10 Å². The van der Waals surface area contributed by atoms with Crippen LogP contribution in [0.1, 0.15) is 16.1 Å². The van der Waals surface area contributed by atoms with Gasteiger partial charge in [0.25, 0.3) is 5.91 Å². The molecule has 1 aromatic rings. The molecule has 0 aromatic carbocycles. The van der Waals surface area contributed by atoms with Gasteiger partial charge in [0.1, 0.15) is 0 Å². The van der Waals surface area contributed by atoms with Gasteiger partial charge in [-0.15, -0.1) is 0 Å². The topological polar surface area (TPSA) is 71.8 Å². The summed E-state index contributed by atoms with van der Waals surface area (Å²) in [5.74, 6) is -1.16. The van der Waals surface area contributed by atoms with Crippen LogP contribution in [-0.2, 0) is 6.18 Å². The largest absolute Gasteiger partial charge is 0.433 e. The zero-order chi connectivity index (χ0) is 9.35. The number of primary amides is 1. The van der Waals surface area contributed by atoms with Crippen LogP contribution in [0.3, 0.4) is 0 Å². The molecule has 0 bridgehead atoms. The average Bonchev–Trinajstić information content (AvgIpc) is 2.30. The lowest BCUT2D eigenvalue weighted by Crippen LogP contribution is -2.17. The third-order valence-electron chi connectivity index (χ3n) is 1.19. The second kappa shape index (κ2) is 2.50. The fourth-order valence-electron chi connectivity index (χ4n) is 0.689. The van der Waals surface area contributed by atoms with Crippen molar-refractivity contribution in [1.82, 2.24) is 10.2 Å². The van der Waals surface area contributed by atoms with E-state index in [9.17, 15) is 18.0 Å². The van der Waals surface area contributed by atoms with E-state index < -0.39 is 23.3 Å². The highest BCUT2D eigenvalue weighted by molar-refractivity contribution is 5.93. The maximum Gasteiger partial charge on any atom is 0.433 e. The standard InChI is InChI=1S/C5H4F3N3O/c6-5(7,8)3-2(4(9)12)1-10-11-3/h1H,(H2,9,12)(H,10,11). The van der Waals surface area contributed by atoms with Crippen molar-refractivity contribution in [3.63, 3.8) is 0 Å². The van der Waals surface area contributed by atoms with Crippen molar-refractivity contribution in [3.05, 3.63) is 17.5 Å². The lowest BCUT2D eigenvalue weighted by molar-refractivity contribution is -0.141. The number of nitrogens with zero attached hydrogens (tertiary/aromatic N) is 1. The van der Waals surface area contributed by atoms with Crippen molar-refractivity contribution in [2.24, 2.45) is 5.73 Å². The highest BCUT2D eigenvalue weighted by atomic mass is 19.4. The van der Waals surface area contributed by atoms with E-state index >= 15 is 0 Å². The van der Waals surface area contributed by atoms with Gasteiger partial charge in [0.15, 0.2) is 5.69 Å². The fourth-order valence-corrected chi connectivity index (χ4v) is 0.689. The Hall–Kier alpha value is -1.53. The van der Waals surface area contributed by atoms with E-state index in [0.29, 0.717) is 0 Å². The van der Waals surface area contributed by atoms with Crippen molar-refractivity contribution in [2.75, 3.05) is 0 Å². The Morgan fingerprint density at radius 2 is 2.17 bits per heavy atom. The minimum absolute atomic E-state index is 0.650. The number of nitrogens with two attached hydrogens (primary N) is 1. The quantitative estimate of drug-likeness (QED) is 0.659. The number of hydrogen-bond donors (Lipinski definition) is 2. The Morgan fingerprint density at radius 1 is 1.58 bits per heavy atom. The van der Waals surface area contributed by atoms with Crippen LogP contribution in [0.2, 0.25) is 0 Å². The first-order valence-corrected chi connectivity index (χ1v) is 2.83. The molecule has 0 aliphatic rings. The zero-order valence-corrected chi connectivity index (χ0v) is 5.64. The Kier molecular flexibility index (Phi) is 1.79. The van der Waals surface area contributed by atoms with Gasteiger partial charge in [0, 0.05) is 0 Å². The number of H-pyrrole nitrogens is 1. The number of carbonyl (C=O) groups is 1. The molecule has 66 valence electrons. The minimum Gasteiger partial charge on any atom is -0.365 e. The molecule has 0 saturated carbocycles. The second-order valence-corrected chi connectivity index (χ2v) is 2.02. The predicted octanol–water partition coefficient (Wildman–Crippen LogP) is 0.527. The summed E-state index contributed by atoms with van der Waals surface area (Å²) in [6.07, 6.45) is -3.88. The number of aromatic amines is 1. The van der Waals surface area contributed by atoms with Crippen LogP contribution < -0.4 is 5.73 Å². The van der Waals surface area contributed by atoms with Crippen LogP contribution in [0.5, 0.6) is 0 Å². The third-order valence-corrected chi connectivity index (χ3v) is 1.19. The number of alkyl halides is 3. The van der Waals surface area contributed by atoms with E-state index in [0.717, 1.165) is 6.20 Å². The van der Waals surface area contributed by atoms with Gasteiger partial charge in [-0.25, -0.2) is 0 Å². The monoisotopic (exact) mass is 179 g/mol. The number of amides is 1. The summed E-state index contributed by atoms with van der Waals surface area (Å²) in [5.41, 5.74) is 2.79. The van der Waals surface area contributed by atoms with E-state index in [2.05, 4.69) is 10.8 Å². The number of halogens is 3. The summed E-state index contributed by atoms with van der Waals surface area (Å²) in [5, 5.41) is 4.72. The molecule has 0 radical (unpaired) electrons. The lowest BCUT2D eigenvalue weighted by Gasteiger charge is -2.03. The number of rotatable bonds is 1. The molecule has 1 aromatic heterocycles. The van der Waals surface area contributed by atoms with Gasteiger partial charge in [-0.05, 0) is 0 Å². The van der Waals surface area contributed by atoms with Gasteiger partial charge in [-0.2, -0.15) is 18.3 Å². The van der Waals surface area contributed by atoms with E-state index in [-0.39, 0.29) is 0 Å². The normalized spacial score (nSPS) is 11.6. The smallest absolute Gasteiger partial charge is 0.365 e. The first kappa shape index (κ1) is 8.57. The Balaban J connectivity index is 3.17. The SMILES string of the molecule is NC(=O)c1cn[nH]c1C(F)(F)F. The predicted molar refractivity (Wildman–Crippen MR) is 32.1 cm³/mol. The highest BCUT2D eigenvalue weighted by Crippen LogP contribution is 2.29. The molecule has 1 amide bonds. The maximum absolute atomic E-state index is 12.0. The van der Waals surface area contributed by atoms with E-state index in [1.807, 2.05) is 0 Å². The van der Waals surface area contributed by atoms with Crippen LogP contribution in [0.15, 0.2) is 6.20 Å². The summed E-state index contributed by atoms with van der Waals surface area (Å²) in [4.78, 5) is 10.4. The highest BCUT2D eigenvalue weighted by Gasteiger charge is 2.36. The van der Waals surface area contributed by atoms with Crippen molar-refractivity contribution in [1.29, 1.82) is 0 Å². The molecule has 7 heteroatoms. The van der Waals surface area contributed by atoms with Crippen LogP contribution in [0.4, 0.5) is 13.2 Å². The lowest BCUT2D eigenvalue weighted by atomic mass is 10.2. The molecular formula is C5H4F3N3O. The Morgan fingerprint density at radius 3 is 2.50 bits per heavy atom. The van der Waals surface area contributed by atoms with Gasteiger partial charge in [-0.3, -0.25) is 9.89 Å².